The average Bonchev–Trinajstić information content (AvgIpc) is 2.59. The normalized spacial score (nSPS) is 23.0. The topological polar surface area (TPSA) is 51.2 Å². The molecule has 2 heterocycles. The first-order chi connectivity index (χ1) is 11.1. The molecule has 140 valence electrons. The summed E-state index contributed by atoms with van der Waals surface area (Å²) in [4.78, 5) is 22.5. The predicted molar refractivity (Wildman–Crippen MR) is 114 cm³/mol. The fourth-order valence-corrected chi connectivity index (χ4v) is 4.28. The molecule has 0 radical (unpaired) electrons. The molecule has 0 aliphatic carbocycles. The van der Waals surface area contributed by atoms with Gasteiger partial charge in [0.15, 0.2) is 5.96 Å². The summed E-state index contributed by atoms with van der Waals surface area (Å²) >= 11 is 2.08. The Morgan fingerprint density at radius 3 is 2.50 bits per heavy atom. The van der Waals surface area contributed by atoms with Crippen LogP contribution in [-0.2, 0) is 4.79 Å². The van der Waals surface area contributed by atoms with Crippen LogP contribution in [0, 0.1) is 0 Å². The number of hydrogen-bond donors (Lipinski definition) is 1. The minimum absolute atomic E-state index is 0. The van der Waals surface area contributed by atoms with Crippen molar-refractivity contribution in [3.8, 4) is 0 Å². The van der Waals surface area contributed by atoms with Gasteiger partial charge < -0.3 is 15.1 Å². The Kier molecular flexibility index (Phi) is 10.4. The Hall–Kier alpha value is -0.220. The van der Waals surface area contributed by atoms with E-state index in [4.69, 9.17) is 0 Å². The molecule has 0 spiro atoms. The smallest absolute Gasteiger partial charge is 0.219 e. The van der Waals surface area contributed by atoms with Crippen LogP contribution in [0.4, 0.5) is 0 Å². The number of nitrogens with zero attached hydrogens (tertiary/aromatic N) is 4. The maximum Gasteiger partial charge on any atom is 0.219 e. The van der Waals surface area contributed by atoms with Gasteiger partial charge in [-0.1, -0.05) is 6.92 Å². The van der Waals surface area contributed by atoms with Gasteiger partial charge in [-0.3, -0.25) is 14.7 Å². The Bertz CT molecular complexity index is 415. The zero-order valence-electron chi connectivity index (χ0n) is 15.2. The first-order valence-electron chi connectivity index (χ1n) is 8.69. The minimum Gasteiger partial charge on any atom is -0.355 e. The third-order valence-electron chi connectivity index (χ3n) is 4.63. The van der Waals surface area contributed by atoms with Crippen LogP contribution < -0.4 is 5.32 Å². The predicted octanol–water partition coefficient (Wildman–Crippen LogP) is 1.17. The summed E-state index contributed by atoms with van der Waals surface area (Å²) in [7, 11) is 1.87. The molecule has 6 nitrogen and oxygen atoms in total. The summed E-state index contributed by atoms with van der Waals surface area (Å²) in [5.41, 5.74) is 0. The van der Waals surface area contributed by atoms with Gasteiger partial charge in [0.05, 0.1) is 0 Å². The number of piperazine rings is 1. The monoisotopic (exact) mass is 469 g/mol. The molecule has 8 heteroatoms. The number of hydrogen-bond acceptors (Lipinski definition) is 4. The lowest BCUT2D eigenvalue weighted by Gasteiger charge is -2.36. The average molecular weight is 469 g/mol. The van der Waals surface area contributed by atoms with Crippen LogP contribution in [0.3, 0.4) is 0 Å². The number of thioether (sulfide) groups is 1. The number of nitrogens with one attached hydrogen (secondary N) is 1. The number of carbonyl (C=O) groups excluding carboxylic acids is 1. The van der Waals surface area contributed by atoms with Crippen molar-refractivity contribution in [2.24, 2.45) is 4.99 Å². The molecule has 1 amide bonds. The van der Waals surface area contributed by atoms with Crippen molar-refractivity contribution in [3.05, 3.63) is 0 Å². The highest BCUT2D eigenvalue weighted by Crippen LogP contribution is 2.20. The molecule has 24 heavy (non-hydrogen) atoms. The molecular formula is C16H32IN5OS. The fraction of sp³-hybridized carbons (Fsp3) is 0.875. The van der Waals surface area contributed by atoms with Crippen LogP contribution >= 0.6 is 35.7 Å². The number of rotatable bonds is 4. The standard InChI is InChI=1S/C16H31N5OS.HI/c1-4-15-13-21(11-12-23-15)16(17-3)18-5-6-19-7-9-20(10-8-19)14(2)22;/h15H,4-13H2,1-3H3,(H,17,18);1H. The molecule has 0 aromatic carbocycles. The highest BCUT2D eigenvalue weighted by Gasteiger charge is 2.22. The summed E-state index contributed by atoms with van der Waals surface area (Å²) < 4.78 is 0. The molecule has 0 aromatic heterocycles. The van der Waals surface area contributed by atoms with Gasteiger partial charge in [0.25, 0.3) is 0 Å². The van der Waals surface area contributed by atoms with Crippen molar-refractivity contribution in [2.75, 3.05) is 65.2 Å². The van der Waals surface area contributed by atoms with Gasteiger partial charge in [-0.15, -0.1) is 24.0 Å². The van der Waals surface area contributed by atoms with Crippen LogP contribution in [0.15, 0.2) is 4.99 Å². The van der Waals surface area contributed by atoms with E-state index in [1.807, 2.05) is 11.9 Å². The van der Waals surface area contributed by atoms with Gasteiger partial charge >= 0.3 is 0 Å². The molecule has 1 unspecified atom stereocenters. The van der Waals surface area contributed by atoms with Crippen molar-refractivity contribution in [1.29, 1.82) is 0 Å². The summed E-state index contributed by atoms with van der Waals surface area (Å²) in [6.07, 6.45) is 1.22. The lowest BCUT2D eigenvalue weighted by molar-refractivity contribution is -0.130. The minimum atomic E-state index is 0. The summed E-state index contributed by atoms with van der Waals surface area (Å²) in [5, 5.41) is 4.23. The van der Waals surface area contributed by atoms with E-state index in [1.54, 1.807) is 6.92 Å². The Morgan fingerprint density at radius 2 is 1.92 bits per heavy atom. The summed E-state index contributed by atoms with van der Waals surface area (Å²) in [5.74, 6) is 2.41. The molecule has 2 saturated heterocycles. The molecule has 2 fully saturated rings. The van der Waals surface area contributed by atoms with Crippen LogP contribution in [0.5, 0.6) is 0 Å². The van der Waals surface area contributed by atoms with E-state index in [1.165, 1.54) is 12.2 Å². The van der Waals surface area contributed by atoms with Crippen molar-refractivity contribution in [1.82, 2.24) is 20.0 Å². The quantitative estimate of drug-likeness (QED) is 0.381. The van der Waals surface area contributed by atoms with E-state index in [-0.39, 0.29) is 29.9 Å². The first-order valence-corrected chi connectivity index (χ1v) is 9.74. The zero-order chi connectivity index (χ0) is 16.7. The molecule has 1 atom stereocenters. The Labute approximate surface area is 167 Å². The first kappa shape index (κ1) is 21.8. The van der Waals surface area contributed by atoms with Gasteiger partial charge in [-0.25, -0.2) is 0 Å². The molecule has 0 bridgehead atoms. The zero-order valence-corrected chi connectivity index (χ0v) is 18.3. The second-order valence-corrected chi connectivity index (χ2v) is 7.58. The van der Waals surface area contributed by atoms with Crippen LogP contribution in [0.2, 0.25) is 0 Å². The highest BCUT2D eigenvalue weighted by molar-refractivity contribution is 14.0. The molecular weight excluding hydrogens is 437 g/mol. The fourth-order valence-electron chi connectivity index (χ4n) is 3.10. The van der Waals surface area contributed by atoms with E-state index in [0.29, 0.717) is 0 Å². The van der Waals surface area contributed by atoms with Gasteiger partial charge in [0, 0.05) is 77.3 Å². The van der Waals surface area contributed by atoms with E-state index in [9.17, 15) is 4.79 Å². The highest BCUT2D eigenvalue weighted by atomic mass is 127. The van der Waals surface area contributed by atoms with E-state index in [0.717, 1.165) is 63.6 Å². The SMILES string of the molecule is CCC1CN(C(=NC)NCCN2CCN(C(C)=O)CC2)CCS1.I. The molecule has 0 saturated carbocycles. The third-order valence-corrected chi connectivity index (χ3v) is 6.01. The molecule has 2 aliphatic rings. The van der Waals surface area contributed by atoms with Crippen molar-refractivity contribution in [2.45, 2.75) is 25.5 Å². The number of amides is 1. The van der Waals surface area contributed by atoms with E-state index in [2.05, 4.69) is 38.8 Å². The molecule has 2 rings (SSSR count). The van der Waals surface area contributed by atoms with Crippen LogP contribution in [-0.4, -0.2) is 97.0 Å². The van der Waals surface area contributed by atoms with Crippen molar-refractivity contribution in [3.63, 3.8) is 0 Å². The van der Waals surface area contributed by atoms with Gasteiger partial charge in [-0.2, -0.15) is 11.8 Å². The van der Waals surface area contributed by atoms with Gasteiger partial charge in [0.2, 0.25) is 5.91 Å². The number of halogens is 1. The Balaban J connectivity index is 0.00000288. The molecule has 2 aliphatic heterocycles. The summed E-state index contributed by atoms with van der Waals surface area (Å²) in [6, 6.07) is 0. The summed E-state index contributed by atoms with van der Waals surface area (Å²) in [6.45, 7) is 11.7. The number of aliphatic imine (C=N–C) groups is 1. The van der Waals surface area contributed by atoms with Crippen molar-refractivity contribution < 1.29 is 4.79 Å². The number of guanidine groups is 1. The van der Waals surface area contributed by atoms with E-state index < -0.39 is 0 Å². The largest absolute Gasteiger partial charge is 0.355 e. The lowest BCUT2D eigenvalue weighted by Crippen LogP contribution is -2.52. The lowest BCUT2D eigenvalue weighted by atomic mass is 10.3. The van der Waals surface area contributed by atoms with Gasteiger partial charge in [0.1, 0.15) is 0 Å². The molecule has 1 N–H and O–H groups in total. The molecule has 0 aromatic rings. The van der Waals surface area contributed by atoms with Crippen LogP contribution in [0.1, 0.15) is 20.3 Å². The Morgan fingerprint density at radius 1 is 1.21 bits per heavy atom. The second kappa shape index (κ2) is 11.4. The van der Waals surface area contributed by atoms with Gasteiger partial charge in [-0.05, 0) is 6.42 Å². The second-order valence-electron chi connectivity index (χ2n) is 6.17. The number of carbonyl (C=O) groups is 1. The maximum absolute atomic E-state index is 11.3. The van der Waals surface area contributed by atoms with Crippen LogP contribution in [0.25, 0.3) is 0 Å². The maximum atomic E-state index is 11.3. The van der Waals surface area contributed by atoms with E-state index >= 15 is 0 Å². The van der Waals surface area contributed by atoms with Crippen molar-refractivity contribution >= 4 is 47.6 Å². The third kappa shape index (κ3) is 6.59.